The zero-order valence-electron chi connectivity index (χ0n) is 12.9. The van der Waals surface area contributed by atoms with E-state index < -0.39 is 6.04 Å². The molecule has 0 saturated carbocycles. The maximum absolute atomic E-state index is 12.2. The minimum absolute atomic E-state index is 0.00196. The molecule has 0 aliphatic rings. The summed E-state index contributed by atoms with van der Waals surface area (Å²) in [6.45, 7) is 7.32. The standard InChI is InChI=1S/C14H22N4O2/c1-8(2)12(14(20)18(5)6)17-13(19)11-7-9(3)15-10(4)16-11/h7-8,12H,1-6H3,(H,17,19). The topological polar surface area (TPSA) is 75.2 Å². The van der Waals surface area contributed by atoms with Gasteiger partial charge in [-0.3, -0.25) is 9.59 Å². The summed E-state index contributed by atoms with van der Waals surface area (Å²) >= 11 is 0. The summed E-state index contributed by atoms with van der Waals surface area (Å²) in [5.74, 6) is 0.0522. The molecule has 20 heavy (non-hydrogen) atoms. The van der Waals surface area contributed by atoms with Gasteiger partial charge in [-0.1, -0.05) is 13.8 Å². The van der Waals surface area contributed by atoms with E-state index in [1.54, 1.807) is 34.0 Å². The smallest absolute Gasteiger partial charge is 0.270 e. The molecule has 1 N–H and O–H groups in total. The van der Waals surface area contributed by atoms with Gasteiger partial charge in [-0.2, -0.15) is 0 Å². The van der Waals surface area contributed by atoms with Gasteiger partial charge in [0.15, 0.2) is 0 Å². The largest absolute Gasteiger partial charge is 0.347 e. The van der Waals surface area contributed by atoms with Crippen molar-refractivity contribution in [1.82, 2.24) is 20.2 Å². The monoisotopic (exact) mass is 278 g/mol. The number of aromatic nitrogens is 2. The van der Waals surface area contributed by atoms with Crippen molar-refractivity contribution >= 4 is 11.8 Å². The second-order valence-electron chi connectivity index (χ2n) is 5.37. The Morgan fingerprint density at radius 1 is 1.20 bits per heavy atom. The fraction of sp³-hybridized carbons (Fsp3) is 0.571. The van der Waals surface area contributed by atoms with Crippen LogP contribution in [-0.2, 0) is 4.79 Å². The summed E-state index contributed by atoms with van der Waals surface area (Å²) in [5, 5.41) is 2.75. The lowest BCUT2D eigenvalue weighted by Gasteiger charge is -2.24. The zero-order chi connectivity index (χ0) is 15.4. The van der Waals surface area contributed by atoms with Crippen LogP contribution in [0.2, 0.25) is 0 Å². The first-order valence-corrected chi connectivity index (χ1v) is 6.56. The molecule has 1 aromatic rings. The Bertz CT molecular complexity index is 492. The lowest BCUT2D eigenvalue weighted by Crippen LogP contribution is -2.49. The molecule has 1 aromatic heterocycles. The first-order chi connectivity index (χ1) is 9.22. The summed E-state index contributed by atoms with van der Waals surface area (Å²) in [5.41, 5.74) is 1.01. The van der Waals surface area contributed by atoms with Crippen LogP contribution in [0.15, 0.2) is 6.07 Å². The predicted octanol–water partition coefficient (Wildman–Crippen LogP) is 0.936. The van der Waals surface area contributed by atoms with Crippen LogP contribution in [0.5, 0.6) is 0 Å². The van der Waals surface area contributed by atoms with Crippen LogP contribution in [-0.4, -0.2) is 46.8 Å². The van der Waals surface area contributed by atoms with Gasteiger partial charge < -0.3 is 10.2 Å². The summed E-state index contributed by atoms with van der Waals surface area (Å²) < 4.78 is 0. The van der Waals surface area contributed by atoms with Crippen molar-refractivity contribution in [2.45, 2.75) is 33.7 Å². The fourth-order valence-corrected chi connectivity index (χ4v) is 1.84. The Labute approximate surface area is 119 Å². The average Bonchev–Trinajstić information content (AvgIpc) is 2.33. The molecule has 0 aliphatic carbocycles. The molecule has 0 bridgehead atoms. The molecule has 0 saturated heterocycles. The molecule has 110 valence electrons. The van der Waals surface area contributed by atoms with Gasteiger partial charge in [0.2, 0.25) is 5.91 Å². The van der Waals surface area contributed by atoms with Crippen molar-refractivity contribution in [3.8, 4) is 0 Å². The molecule has 0 aromatic carbocycles. The molecule has 1 unspecified atom stereocenters. The number of nitrogens with zero attached hydrogens (tertiary/aromatic N) is 3. The molecular formula is C14H22N4O2. The number of aryl methyl sites for hydroxylation is 2. The molecule has 0 radical (unpaired) electrons. The average molecular weight is 278 g/mol. The second-order valence-corrected chi connectivity index (χ2v) is 5.37. The van der Waals surface area contributed by atoms with E-state index in [9.17, 15) is 9.59 Å². The third kappa shape index (κ3) is 4.01. The molecule has 0 aliphatic heterocycles. The van der Waals surface area contributed by atoms with Gasteiger partial charge in [0.1, 0.15) is 17.6 Å². The van der Waals surface area contributed by atoms with Gasteiger partial charge >= 0.3 is 0 Å². The SMILES string of the molecule is Cc1cc(C(=O)NC(C(=O)N(C)C)C(C)C)nc(C)n1. The molecule has 1 rings (SSSR count). The van der Waals surface area contributed by atoms with E-state index in [0.29, 0.717) is 5.82 Å². The zero-order valence-corrected chi connectivity index (χ0v) is 12.9. The predicted molar refractivity (Wildman–Crippen MR) is 76.3 cm³/mol. The van der Waals surface area contributed by atoms with Crippen molar-refractivity contribution in [3.63, 3.8) is 0 Å². The van der Waals surface area contributed by atoms with E-state index in [1.807, 2.05) is 13.8 Å². The first-order valence-electron chi connectivity index (χ1n) is 6.56. The van der Waals surface area contributed by atoms with E-state index >= 15 is 0 Å². The Morgan fingerprint density at radius 2 is 1.80 bits per heavy atom. The number of amides is 2. The highest BCUT2D eigenvalue weighted by atomic mass is 16.2. The highest BCUT2D eigenvalue weighted by molar-refractivity contribution is 5.96. The number of nitrogens with one attached hydrogen (secondary N) is 1. The number of rotatable bonds is 4. The van der Waals surface area contributed by atoms with Crippen LogP contribution in [0.1, 0.15) is 35.9 Å². The number of carbonyl (C=O) groups is 2. The lowest BCUT2D eigenvalue weighted by molar-refractivity contribution is -0.131. The Hall–Kier alpha value is -1.98. The van der Waals surface area contributed by atoms with Crippen LogP contribution in [0.3, 0.4) is 0 Å². The van der Waals surface area contributed by atoms with E-state index in [4.69, 9.17) is 0 Å². The molecule has 6 heteroatoms. The maximum Gasteiger partial charge on any atom is 0.270 e. The molecule has 1 heterocycles. The Morgan fingerprint density at radius 3 is 2.25 bits per heavy atom. The van der Waals surface area contributed by atoms with E-state index in [0.717, 1.165) is 5.69 Å². The van der Waals surface area contributed by atoms with Gasteiger partial charge in [-0.25, -0.2) is 9.97 Å². The van der Waals surface area contributed by atoms with E-state index in [2.05, 4.69) is 15.3 Å². The van der Waals surface area contributed by atoms with Gasteiger partial charge in [0, 0.05) is 19.8 Å². The fourth-order valence-electron chi connectivity index (χ4n) is 1.84. The van der Waals surface area contributed by atoms with Crippen molar-refractivity contribution in [1.29, 1.82) is 0 Å². The molecule has 0 fully saturated rings. The van der Waals surface area contributed by atoms with E-state index in [-0.39, 0.29) is 23.4 Å². The Balaban J connectivity index is 2.94. The van der Waals surface area contributed by atoms with Crippen LogP contribution in [0.25, 0.3) is 0 Å². The summed E-state index contributed by atoms with van der Waals surface area (Å²) in [4.78, 5) is 34.0. The minimum atomic E-state index is -0.562. The number of likely N-dealkylation sites (N-methyl/N-ethyl adjacent to an activating group) is 1. The molecule has 0 spiro atoms. The van der Waals surface area contributed by atoms with E-state index in [1.165, 1.54) is 4.90 Å². The van der Waals surface area contributed by atoms with Crippen molar-refractivity contribution in [2.24, 2.45) is 5.92 Å². The van der Waals surface area contributed by atoms with Crippen LogP contribution in [0.4, 0.5) is 0 Å². The van der Waals surface area contributed by atoms with Gasteiger partial charge in [0.25, 0.3) is 5.91 Å². The summed E-state index contributed by atoms with van der Waals surface area (Å²) in [6.07, 6.45) is 0. The van der Waals surface area contributed by atoms with Crippen molar-refractivity contribution < 1.29 is 9.59 Å². The summed E-state index contributed by atoms with van der Waals surface area (Å²) in [7, 11) is 3.34. The molecular weight excluding hydrogens is 256 g/mol. The van der Waals surface area contributed by atoms with Gasteiger partial charge in [-0.15, -0.1) is 0 Å². The van der Waals surface area contributed by atoms with Gasteiger partial charge in [-0.05, 0) is 25.8 Å². The van der Waals surface area contributed by atoms with Crippen LogP contribution in [0, 0.1) is 19.8 Å². The van der Waals surface area contributed by atoms with Gasteiger partial charge in [0.05, 0.1) is 0 Å². The molecule has 6 nitrogen and oxygen atoms in total. The number of carbonyl (C=O) groups excluding carboxylic acids is 2. The molecule has 2 amide bonds. The minimum Gasteiger partial charge on any atom is -0.347 e. The maximum atomic E-state index is 12.2. The number of hydrogen-bond donors (Lipinski definition) is 1. The number of hydrogen-bond acceptors (Lipinski definition) is 4. The van der Waals surface area contributed by atoms with Crippen LogP contribution >= 0.6 is 0 Å². The van der Waals surface area contributed by atoms with Crippen molar-refractivity contribution in [3.05, 3.63) is 23.3 Å². The highest BCUT2D eigenvalue weighted by Gasteiger charge is 2.26. The second kappa shape index (κ2) is 6.45. The van der Waals surface area contributed by atoms with Crippen LogP contribution < -0.4 is 5.32 Å². The Kier molecular flexibility index (Phi) is 5.19. The third-order valence-corrected chi connectivity index (χ3v) is 2.86. The third-order valence-electron chi connectivity index (χ3n) is 2.86. The first kappa shape index (κ1) is 16.1. The lowest BCUT2D eigenvalue weighted by atomic mass is 10.0. The van der Waals surface area contributed by atoms with Crippen molar-refractivity contribution in [2.75, 3.05) is 14.1 Å². The highest BCUT2D eigenvalue weighted by Crippen LogP contribution is 2.07. The molecule has 1 atom stereocenters. The normalized spacial score (nSPS) is 12.2. The summed E-state index contributed by atoms with van der Waals surface area (Å²) in [6, 6.07) is 1.05. The quantitative estimate of drug-likeness (QED) is 0.889.